The van der Waals surface area contributed by atoms with Crippen molar-refractivity contribution in [1.82, 2.24) is 5.32 Å². The van der Waals surface area contributed by atoms with Crippen LogP contribution in [0.2, 0.25) is 5.02 Å². The molecule has 0 saturated carbocycles. The van der Waals surface area contributed by atoms with E-state index in [4.69, 9.17) is 25.5 Å². The van der Waals surface area contributed by atoms with E-state index in [1.165, 1.54) is 12.1 Å². The van der Waals surface area contributed by atoms with Gasteiger partial charge in [0.2, 0.25) is 0 Å². The van der Waals surface area contributed by atoms with Gasteiger partial charge in [-0.1, -0.05) is 69.1 Å². The lowest BCUT2D eigenvalue weighted by Crippen LogP contribution is -2.47. The lowest BCUT2D eigenvalue weighted by atomic mass is 9.99. The van der Waals surface area contributed by atoms with Gasteiger partial charge in [-0.3, -0.25) is 0 Å². The molecule has 8 heteroatoms. The molecule has 1 amide bonds. The Bertz CT molecular complexity index is 1190. The molecular weight excluding hydrogens is 446 g/mol. The normalized spacial score (nSPS) is 12.7. The first-order chi connectivity index (χ1) is 15.8. The van der Waals surface area contributed by atoms with Crippen molar-refractivity contribution in [3.63, 3.8) is 0 Å². The molecule has 3 rings (SSSR count). The Morgan fingerprint density at radius 1 is 1.12 bits per heavy atom. The number of nitrogens with one attached hydrogen (secondary N) is 1. The van der Waals surface area contributed by atoms with Crippen LogP contribution in [0.5, 0.6) is 5.75 Å². The first-order valence-corrected chi connectivity index (χ1v) is 11.1. The maximum absolute atomic E-state index is 13.0. The second-order valence-corrected chi connectivity index (χ2v) is 8.12. The molecule has 1 aromatic heterocycles. The number of carbonyl (C=O) groups is 2. The number of aryl methyl sites for hydroxylation is 1. The van der Waals surface area contributed by atoms with Gasteiger partial charge in [0.25, 0.3) is 0 Å². The Balaban J connectivity index is 1.77. The molecule has 1 heterocycles. The molecule has 0 saturated heterocycles. The van der Waals surface area contributed by atoms with Crippen LogP contribution in [-0.2, 0) is 22.6 Å². The highest BCUT2D eigenvalue weighted by atomic mass is 35.5. The van der Waals surface area contributed by atoms with Gasteiger partial charge in [0.05, 0.1) is 5.02 Å². The van der Waals surface area contributed by atoms with E-state index in [2.05, 4.69) is 5.32 Å². The van der Waals surface area contributed by atoms with Crippen LogP contribution in [0.15, 0.2) is 57.7 Å². The van der Waals surface area contributed by atoms with Crippen LogP contribution in [0.1, 0.15) is 38.3 Å². The molecule has 0 unspecified atom stereocenters. The van der Waals surface area contributed by atoms with E-state index in [1.807, 2.05) is 51.1 Å². The van der Waals surface area contributed by atoms with Crippen molar-refractivity contribution in [3.8, 4) is 5.75 Å². The molecule has 174 valence electrons. The van der Waals surface area contributed by atoms with Crippen molar-refractivity contribution in [2.45, 2.75) is 46.3 Å². The Morgan fingerprint density at radius 2 is 1.85 bits per heavy atom. The van der Waals surface area contributed by atoms with Crippen LogP contribution in [0, 0.1) is 5.92 Å². The van der Waals surface area contributed by atoms with Crippen LogP contribution in [0.4, 0.5) is 4.79 Å². The highest BCUT2D eigenvalue weighted by Gasteiger charge is 2.29. The van der Waals surface area contributed by atoms with Crippen molar-refractivity contribution in [2.75, 3.05) is 0 Å². The monoisotopic (exact) mass is 471 g/mol. The molecule has 2 atom stereocenters. The van der Waals surface area contributed by atoms with Crippen molar-refractivity contribution in [2.24, 2.45) is 5.92 Å². The van der Waals surface area contributed by atoms with Gasteiger partial charge in [0.15, 0.2) is 5.75 Å². The topological polar surface area (TPSA) is 94.8 Å². The average molecular weight is 472 g/mol. The largest absolute Gasteiger partial charge is 0.445 e. The second kappa shape index (κ2) is 11.0. The van der Waals surface area contributed by atoms with Crippen LogP contribution in [0.25, 0.3) is 11.0 Å². The minimum absolute atomic E-state index is 0.0401. The first kappa shape index (κ1) is 24.3. The van der Waals surface area contributed by atoms with E-state index in [-0.39, 0.29) is 28.9 Å². The van der Waals surface area contributed by atoms with Gasteiger partial charge in [-0.05, 0) is 29.5 Å². The number of rotatable bonds is 8. The number of alkyl carbamates (subject to hydrolysis) is 1. The SMILES string of the molecule is CCc1cc(=O)oc2cc(OC(=O)[C@H](NC(=O)OCc3ccccc3)[C@H](C)CC)c(Cl)cc12. The molecule has 0 aliphatic heterocycles. The number of halogens is 1. The van der Waals surface area contributed by atoms with Gasteiger partial charge in [-0.25, -0.2) is 14.4 Å². The second-order valence-electron chi connectivity index (χ2n) is 7.71. The van der Waals surface area contributed by atoms with Gasteiger partial charge in [0, 0.05) is 17.5 Å². The highest BCUT2D eigenvalue weighted by Crippen LogP contribution is 2.32. The lowest BCUT2D eigenvalue weighted by molar-refractivity contribution is -0.138. The third-order valence-electron chi connectivity index (χ3n) is 5.43. The zero-order valence-electron chi connectivity index (χ0n) is 18.7. The summed E-state index contributed by atoms with van der Waals surface area (Å²) < 4.78 is 16.0. The van der Waals surface area contributed by atoms with Crippen LogP contribution in [-0.4, -0.2) is 18.1 Å². The summed E-state index contributed by atoms with van der Waals surface area (Å²) >= 11 is 6.35. The molecule has 0 aliphatic carbocycles. The summed E-state index contributed by atoms with van der Waals surface area (Å²) in [5, 5.41) is 3.45. The Hall–Kier alpha value is -3.32. The van der Waals surface area contributed by atoms with Gasteiger partial charge in [0.1, 0.15) is 18.2 Å². The molecule has 0 spiro atoms. The first-order valence-electron chi connectivity index (χ1n) is 10.8. The number of hydrogen-bond acceptors (Lipinski definition) is 6. The third-order valence-corrected chi connectivity index (χ3v) is 5.72. The number of benzene rings is 2. The number of amides is 1. The Kier molecular flexibility index (Phi) is 8.11. The number of ether oxygens (including phenoxy) is 2. The fourth-order valence-corrected chi connectivity index (χ4v) is 3.53. The van der Waals surface area contributed by atoms with Crippen LogP contribution in [0.3, 0.4) is 0 Å². The summed E-state index contributed by atoms with van der Waals surface area (Å²) in [7, 11) is 0. The lowest BCUT2D eigenvalue weighted by Gasteiger charge is -2.22. The van der Waals surface area contributed by atoms with E-state index in [0.717, 1.165) is 11.1 Å². The summed E-state index contributed by atoms with van der Waals surface area (Å²) in [4.78, 5) is 37.1. The number of fused-ring (bicyclic) bond motifs is 1. The number of carbonyl (C=O) groups excluding carboxylic acids is 2. The fraction of sp³-hybridized carbons (Fsp3) is 0.320. The Labute approximate surface area is 196 Å². The van der Waals surface area contributed by atoms with E-state index in [9.17, 15) is 14.4 Å². The van der Waals surface area contributed by atoms with E-state index >= 15 is 0 Å². The summed E-state index contributed by atoms with van der Waals surface area (Å²) in [6.07, 6.45) is 0.492. The van der Waals surface area contributed by atoms with E-state index in [0.29, 0.717) is 18.2 Å². The van der Waals surface area contributed by atoms with E-state index < -0.39 is 23.7 Å². The molecule has 3 aromatic rings. The minimum atomic E-state index is -0.959. The number of esters is 1. The molecule has 0 bridgehead atoms. The van der Waals surface area contributed by atoms with Crippen LogP contribution >= 0.6 is 11.6 Å². The van der Waals surface area contributed by atoms with Gasteiger partial charge in [-0.15, -0.1) is 0 Å². The molecule has 7 nitrogen and oxygen atoms in total. The molecule has 33 heavy (non-hydrogen) atoms. The summed E-state index contributed by atoms with van der Waals surface area (Å²) in [5.74, 6) is -0.889. The molecule has 0 fully saturated rings. The van der Waals surface area contributed by atoms with E-state index in [1.54, 1.807) is 6.07 Å². The molecule has 2 aromatic carbocycles. The van der Waals surface area contributed by atoms with Gasteiger partial charge in [-0.2, -0.15) is 0 Å². The maximum Gasteiger partial charge on any atom is 0.408 e. The zero-order valence-corrected chi connectivity index (χ0v) is 19.5. The number of hydrogen-bond donors (Lipinski definition) is 1. The summed E-state index contributed by atoms with van der Waals surface area (Å²) in [5.41, 5.74) is 1.37. The summed E-state index contributed by atoms with van der Waals surface area (Å²) in [6.45, 7) is 5.70. The Morgan fingerprint density at radius 3 is 2.52 bits per heavy atom. The maximum atomic E-state index is 13.0. The molecule has 0 aliphatic rings. The fourth-order valence-electron chi connectivity index (χ4n) is 3.33. The smallest absolute Gasteiger partial charge is 0.408 e. The van der Waals surface area contributed by atoms with Crippen molar-refractivity contribution >= 4 is 34.6 Å². The molecule has 1 N–H and O–H groups in total. The predicted molar refractivity (Wildman–Crippen MR) is 126 cm³/mol. The summed E-state index contributed by atoms with van der Waals surface area (Å²) in [6, 6.07) is 12.7. The third kappa shape index (κ3) is 6.14. The average Bonchev–Trinajstić information content (AvgIpc) is 2.81. The van der Waals surface area contributed by atoms with Crippen LogP contribution < -0.4 is 15.7 Å². The van der Waals surface area contributed by atoms with Crippen molar-refractivity contribution in [3.05, 3.63) is 75.1 Å². The predicted octanol–water partition coefficient (Wildman–Crippen LogP) is 5.26. The molecule has 0 radical (unpaired) electrons. The minimum Gasteiger partial charge on any atom is -0.445 e. The molecular formula is C25H26ClNO6. The van der Waals surface area contributed by atoms with Gasteiger partial charge >= 0.3 is 17.7 Å². The highest BCUT2D eigenvalue weighted by molar-refractivity contribution is 6.33. The zero-order chi connectivity index (χ0) is 24.0. The quantitative estimate of drug-likeness (QED) is 0.274. The van der Waals surface area contributed by atoms with Crippen molar-refractivity contribution < 1.29 is 23.5 Å². The van der Waals surface area contributed by atoms with Crippen molar-refractivity contribution in [1.29, 1.82) is 0 Å². The van der Waals surface area contributed by atoms with Gasteiger partial charge < -0.3 is 19.2 Å². The standard InChI is InChI=1S/C25H26ClNO6/c1-4-15(3)23(27-25(30)31-14-16-9-7-6-8-10-16)24(29)33-21-13-20-18(12-19(21)26)17(5-2)11-22(28)32-20/h6-13,15,23H,4-5,14H2,1-3H3,(H,27,30)/t15-,23-/m1/s1.